The molecule has 0 fully saturated rings. The summed E-state index contributed by atoms with van der Waals surface area (Å²) in [6, 6.07) is 8.56. The van der Waals surface area contributed by atoms with Gasteiger partial charge >= 0.3 is 5.97 Å². The van der Waals surface area contributed by atoms with Crippen molar-refractivity contribution in [3.8, 4) is 11.5 Å². The van der Waals surface area contributed by atoms with E-state index in [-0.39, 0.29) is 22.6 Å². The van der Waals surface area contributed by atoms with Crippen LogP contribution in [-0.4, -0.2) is 39.0 Å². The van der Waals surface area contributed by atoms with E-state index in [0.717, 1.165) is 11.1 Å². The third-order valence-corrected chi connectivity index (χ3v) is 3.91. The van der Waals surface area contributed by atoms with E-state index in [1.807, 2.05) is 32.0 Å². The zero-order valence-electron chi connectivity index (χ0n) is 15.6. The standard InChI is InChI=1S/C20H21NO6/c1-12-5-6-13(2)15(9-12)21-17(23)11-27-20(24)18-14(10-22)7-8-16(25-3)19(18)26-4/h5-10H,11H2,1-4H3,(H,21,23). The number of benzene rings is 2. The Balaban J connectivity index is 2.14. The zero-order chi connectivity index (χ0) is 20.0. The summed E-state index contributed by atoms with van der Waals surface area (Å²) in [4.78, 5) is 35.8. The van der Waals surface area contributed by atoms with Crippen molar-refractivity contribution < 1.29 is 28.6 Å². The smallest absolute Gasteiger partial charge is 0.343 e. The molecule has 0 unspecified atom stereocenters. The van der Waals surface area contributed by atoms with Gasteiger partial charge in [-0.1, -0.05) is 12.1 Å². The van der Waals surface area contributed by atoms with Gasteiger partial charge < -0.3 is 19.5 Å². The lowest BCUT2D eigenvalue weighted by Gasteiger charge is -2.14. The molecular formula is C20H21NO6. The van der Waals surface area contributed by atoms with Gasteiger partial charge in [0.2, 0.25) is 0 Å². The molecule has 0 spiro atoms. The van der Waals surface area contributed by atoms with Gasteiger partial charge in [0.15, 0.2) is 24.4 Å². The highest BCUT2D eigenvalue weighted by atomic mass is 16.5. The summed E-state index contributed by atoms with van der Waals surface area (Å²) < 4.78 is 15.4. The molecule has 2 aromatic rings. The number of carbonyl (C=O) groups is 3. The molecular weight excluding hydrogens is 350 g/mol. The number of aldehydes is 1. The van der Waals surface area contributed by atoms with Crippen LogP contribution in [0.4, 0.5) is 5.69 Å². The van der Waals surface area contributed by atoms with Gasteiger partial charge in [-0.2, -0.15) is 0 Å². The number of rotatable bonds is 7. The van der Waals surface area contributed by atoms with Crippen LogP contribution in [0.5, 0.6) is 11.5 Å². The van der Waals surface area contributed by atoms with Gasteiger partial charge in [0.05, 0.1) is 14.2 Å². The average Bonchev–Trinajstić information content (AvgIpc) is 2.67. The summed E-state index contributed by atoms with van der Waals surface area (Å²) in [5.41, 5.74) is 2.50. The van der Waals surface area contributed by atoms with E-state index in [1.54, 1.807) is 0 Å². The maximum atomic E-state index is 12.5. The van der Waals surface area contributed by atoms with Gasteiger partial charge in [-0.15, -0.1) is 0 Å². The molecule has 2 aromatic carbocycles. The molecule has 0 aliphatic rings. The minimum absolute atomic E-state index is 0.0713. The van der Waals surface area contributed by atoms with Crippen molar-refractivity contribution in [3.63, 3.8) is 0 Å². The molecule has 0 aromatic heterocycles. The molecule has 0 radical (unpaired) electrons. The number of amides is 1. The number of carbonyl (C=O) groups excluding carboxylic acids is 3. The number of anilines is 1. The van der Waals surface area contributed by atoms with Crippen molar-refractivity contribution in [1.29, 1.82) is 0 Å². The van der Waals surface area contributed by atoms with Gasteiger partial charge in [0.25, 0.3) is 5.91 Å². The van der Waals surface area contributed by atoms with Crippen LogP contribution in [0, 0.1) is 13.8 Å². The Bertz CT molecular complexity index is 875. The predicted molar refractivity (Wildman–Crippen MR) is 99.8 cm³/mol. The van der Waals surface area contributed by atoms with Crippen LogP contribution in [0.25, 0.3) is 0 Å². The highest BCUT2D eigenvalue weighted by Crippen LogP contribution is 2.33. The van der Waals surface area contributed by atoms with E-state index in [1.165, 1.54) is 26.4 Å². The molecule has 142 valence electrons. The van der Waals surface area contributed by atoms with Gasteiger partial charge in [0, 0.05) is 11.3 Å². The number of hydrogen-bond acceptors (Lipinski definition) is 6. The van der Waals surface area contributed by atoms with E-state index in [2.05, 4.69) is 5.32 Å². The first-order chi connectivity index (χ1) is 12.9. The van der Waals surface area contributed by atoms with E-state index in [4.69, 9.17) is 14.2 Å². The Morgan fingerprint density at radius 1 is 1.07 bits per heavy atom. The average molecular weight is 371 g/mol. The summed E-state index contributed by atoms with van der Waals surface area (Å²) in [7, 11) is 2.75. The molecule has 27 heavy (non-hydrogen) atoms. The minimum atomic E-state index is -0.857. The molecule has 2 rings (SSSR count). The lowest BCUT2D eigenvalue weighted by molar-refractivity contribution is -0.119. The number of nitrogens with one attached hydrogen (secondary N) is 1. The molecule has 7 nitrogen and oxygen atoms in total. The van der Waals surface area contributed by atoms with Crippen LogP contribution in [-0.2, 0) is 9.53 Å². The molecule has 0 heterocycles. The van der Waals surface area contributed by atoms with E-state index < -0.39 is 18.5 Å². The highest BCUT2D eigenvalue weighted by Gasteiger charge is 2.23. The normalized spacial score (nSPS) is 10.1. The quantitative estimate of drug-likeness (QED) is 0.594. The van der Waals surface area contributed by atoms with Crippen LogP contribution in [0.2, 0.25) is 0 Å². The number of hydrogen-bond donors (Lipinski definition) is 1. The Morgan fingerprint density at radius 2 is 1.81 bits per heavy atom. The van der Waals surface area contributed by atoms with E-state index >= 15 is 0 Å². The van der Waals surface area contributed by atoms with Crippen LogP contribution < -0.4 is 14.8 Å². The maximum absolute atomic E-state index is 12.5. The topological polar surface area (TPSA) is 90.9 Å². The molecule has 0 saturated heterocycles. The zero-order valence-corrected chi connectivity index (χ0v) is 15.6. The Kier molecular flexibility index (Phi) is 6.54. The van der Waals surface area contributed by atoms with Crippen LogP contribution in [0.1, 0.15) is 31.8 Å². The SMILES string of the molecule is COc1ccc(C=O)c(C(=O)OCC(=O)Nc2cc(C)ccc2C)c1OC. The second-order valence-corrected chi connectivity index (χ2v) is 5.83. The number of aryl methyl sites for hydroxylation is 2. The molecule has 0 saturated carbocycles. The van der Waals surface area contributed by atoms with Gasteiger partial charge in [0.1, 0.15) is 5.56 Å². The fraction of sp³-hybridized carbons (Fsp3) is 0.250. The third kappa shape index (κ3) is 4.63. The molecule has 0 bridgehead atoms. The van der Waals surface area contributed by atoms with Gasteiger partial charge in [-0.25, -0.2) is 4.79 Å². The Hall–Kier alpha value is -3.35. The molecule has 0 aliphatic heterocycles. The van der Waals surface area contributed by atoms with Crippen molar-refractivity contribution >= 4 is 23.9 Å². The van der Waals surface area contributed by atoms with Crippen molar-refractivity contribution in [2.24, 2.45) is 0 Å². The lowest BCUT2D eigenvalue weighted by atomic mass is 10.1. The maximum Gasteiger partial charge on any atom is 0.343 e. The number of methoxy groups -OCH3 is 2. The van der Waals surface area contributed by atoms with Crippen molar-refractivity contribution in [2.75, 3.05) is 26.1 Å². The van der Waals surface area contributed by atoms with Crippen LogP contribution in [0.3, 0.4) is 0 Å². The molecule has 7 heteroatoms. The molecule has 0 aliphatic carbocycles. The first kappa shape index (κ1) is 20.0. The van der Waals surface area contributed by atoms with E-state index in [9.17, 15) is 14.4 Å². The fourth-order valence-corrected chi connectivity index (χ4v) is 2.51. The second-order valence-electron chi connectivity index (χ2n) is 5.83. The summed E-state index contributed by atoms with van der Waals surface area (Å²) in [6.07, 6.45) is 0.509. The first-order valence-electron chi connectivity index (χ1n) is 8.15. The minimum Gasteiger partial charge on any atom is -0.493 e. The van der Waals surface area contributed by atoms with Gasteiger partial charge in [-0.05, 0) is 43.2 Å². The van der Waals surface area contributed by atoms with Crippen molar-refractivity contribution in [3.05, 3.63) is 52.6 Å². The third-order valence-electron chi connectivity index (χ3n) is 3.91. The summed E-state index contributed by atoms with van der Waals surface area (Å²) in [6.45, 7) is 3.26. The molecule has 0 atom stereocenters. The number of ether oxygens (including phenoxy) is 3. The summed E-state index contributed by atoms with van der Waals surface area (Å²) in [5.74, 6) is -1.01. The first-order valence-corrected chi connectivity index (χ1v) is 8.15. The van der Waals surface area contributed by atoms with Gasteiger partial charge in [-0.3, -0.25) is 9.59 Å². The van der Waals surface area contributed by atoms with Crippen molar-refractivity contribution in [2.45, 2.75) is 13.8 Å². The van der Waals surface area contributed by atoms with Crippen LogP contribution >= 0.6 is 0 Å². The lowest BCUT2D eigenvalue weighted by Crippen LogP contribution is -2.22. The summed E-state index contributed by atoms with van der Waals surface area (Å²) in [5, 5.41) is 2.70. The predicted octanol–water partition coefficient (Wildman–Crippen LogP) is 2.93. The fourth-order valence-electron chi connectivity index (χ4n) is 2.51. The summed E-state index contributed by atoms with van der Waals surface area (Å²) >= 11 is 0. The van der Waals surface area contributed by atoms with Crippen LogP contribution in [0.15, 0.2) is 30.3 Å². The molecule has 1 amide bonds. The number of esters is 1. The Morgan fingerprint density at radius 3 is 2.44 bits per heavy atom. The monoisotopic (exact) mass is 371 g/mol. The molecule has 1 N–H and O–H groups in total. The van der Waals surface area contributed by atoms with Crippen molar-refractivity contribution in [1.82, 2.24) is 0 Å². The largest absolute Gasteiger partial charge is 0.493 e. The van der Waals surface area contributed by atoms with E-state index in [0.29, 0.717) is 12.0 Å². The Labute approximate surface area is 157 Å². The second kappa shape index (κ2) is 8.84. The highest BCUT2D eigenvalue weighted by molar-refractivity contribution is 6.03.